The maximum absolute atomic E-state index is 10.3. The Bertz CT molecular complexity index is 50.8. The molecular weight excluding hydrogens is 98.1 g/mol. The normalized spacial score (nSPS) is 36.0. The fourth-order valence-electron chi connectivity index (χ4n) is 0.348. The molecule has 0 aromatic heterocycles. The van der Waals surface area contributed by atoms with Crippen LogP contribution in [-0.4, -0.2) is 28.2 Å². The number of rotatable bonds is 0. The molecule has 1 aliphatic heterocycles. The maximum atomic E-state index is 10.3. The molecule has 0 N–H and O–H groups in total. The smallest absolute Gasteiger partial charge is 0.142 e. The molecule has 2 nitrogen and oxygen atoms in total. The van der Waals surface area contributed by atoms with Crippen LogP contribution in [0.5, 0.6) is 0 Å². The Labute approximate surface area is 40.5 Å². The van der Waals surface area contributed by atoms with Crippen molar-refractivity contribution in [3.8, 4) is 0 Å². The molecule has 0 bridgehead atoms. The standard InChI is InChI=1S/C3H7NOS/c1-4-2-3-6(4)5/h2-3H2,1H3. The van der Waals surface area contributed by atoms with Gasteiger partial charge in [-0.25, -0.2) is 0 Å². The molecule has 3 heteroatoms. The molecule has 0 spiro atoms. The van der Waals surface area contributed by atoms with Gasteiger partial charge >= 0.3 is 0 Å². The van der Waals surface area contributed by atoms with Crippen LogP contribution in [0.15, 0.2) is 0 Å². The molecule has 0 aromatic rings. The summed E-state index contributed by atoms with van der Waals surface area (Å²) in [4.78, 5) is 0. The number of hydrogen-bond donors (Lipinski definition) is 0. The highest BCUT2D eigenvalue weighted by Gasteiger charge is 2.25. The SMILES string of the molecule is CN1CC[S+]1[O-]. The molecule has 1 heterocycles. The van der Waals surface area contributed by atoms with Crippen LogP contribution < -0.4 is 0 Å². The molecule has 6 heavy (non-hydrogen) atoms. The minimum absolute atomic E-state index is 0.603. The summed E-state index contributed by atoms with van der Waals surface area (Å²) < 4.78 is 12.1. The highest BCUT2D eigenvalue weighted by molar-refractivity contribution is 7.90. The van der Waals surface area contributed by atoms with Crippen molar-refractivity contribution in [1.29, 1.82) is 0 Å². The van der Waals surface area contributed by atoms with Crippen molar-refractivity contribution in [3.05, 3.63) is 0 Å². The third-order valence-electron chi connectivity index (χ3n) is 0.928. The predicted molar refractivity (Wildman–Crippen MR) is 25.6 cm³/mol. The van der Waals surface area contributed by atoms with Crippen LogP contribution >= 0.6 is 0 Å². The van der Waals surface area contributed by atoms with Gasteiger partial charge < -0.3 is 4.55 Å². The van der Waals surface area contributed by atoms with Gasteiger partial charge in [0.05, 0.1) is 6.54 Å². The third kappa shape index (κ3) is 0.531. The Morgan fingerprint density at radius 2 is 2.33 bits per heavy atom. The average molecular weight is 105 g/mol. The second-order valence-corrected chi connectivity index (χ2v) is 3.05. The minimum Gasteiger partial charge on any atom is -0.598 e. The minimum atomic E-state index is -0.603. The molecule has 1 rings (SSSR count). The Kier molecular flexibility index (Phi) is 1.04. The summed E-state index contributed by atoms with van der Waals surface area (Å²) >= 11 is -0.603. The van der Waals surface area contributed by atoms with E-state index in [1.807, 2.05) is 11.4 Å². The Morgan fingerprint density at radius 3 is 2.33 bits per heavy atom. The lowest BCUT2D eigenvalue weighted by Crippen LogP contribution is -2.44. The van der Waals surface area contributed by atoms with Gasteiger partial charge in [0, 0.05) is 18.4 Å². The zero-order valence-corrected chi connectivity index (χ0v) is 4.49. The van der Waals surface area contributed by atoms with E-state index < -0.39 is 11.4 Å². The molecule has 0 saturated carbocycles. The lowest BCUT2D eigenvalue weighted by Gasteiger charge is -2.27. The lowest BCUT2D eigenvalue weighted by atomic mass is 10.7. The van der Waals surface area contributed by atoms with Gasteiger partial charge in [-0.2, -0.15) is 0 Å². The van der Waals surface area contributed by atoms with E-state index in [0.717, 1.165) is 12.3 Å². The van der Waals surface area contributed by atoms with E-state index in [-0.39, 0.29) is 0 Å². The van der Waals surface area contributed by atoms with Crippen LogP contribution in [-0.2, 0) is 11.4 Å². The highest BCUT2D eigenvalue weighted by atomic mass is 32.2. The molecule has 1 atom stereocenters. The summed E-state index contributed by atoms with van der Waals surface area (Å²) in [5, 5.41) is 0. The summed E-state index contributed by atoms with van der Waals surface area (Å²) in [5.41, 5.74) is 0. The molecule has 36 valence electrons. The molecule has 1 aliphatic rings. The van der Waals surface area contributed by atoms with Crippen molar-refractivity contribution < 1.29 is 4.55 Å². The molecule has 0 radical (unpaired) electrons. The second kappa shape index (κ2) is 1.40. The summed E-state index contributed by atoms with van der Waals surface area (Å²) in [6.45, 7) is 1.01. The van der Waals surface area contributed by atoms with Crippen molar-refractivity contribution in [1.82, 2.24) is 4.31 Å². The van der Waals surface area contributed by atoms with Gasteiger partial charge in [0.15, 0.2) is 0 Å². The van der Waals surface area contributed by atoms with Crippen molar-refractivity contribution in [2.24, 2.45) is 0 Å². The van der Waals surface area contributed by atoms with Crippen LogP contribution in [0.4, 0.5) is 0 Å². The largest absolute Gasteiger partial charge is 0.598 e. The van der Waals surface area contributed by atoms with E-state index in [9.17, 15) is 4.55 Å². The summed E-state index contributed by atoms with van der Waals surface area (Å²) in [6.07, 6.45) is 0. The van der Waals surface area contributed by atoms with Gasteiger partial charge in [-0.05, 0) is 0 Å². The van der Waals surface area contributed by atoms with Crippen LogP contribution in [0.2, 0.25) is 0 Å². The van der Waals surface area contributed by atoms with Gasteiger partial charge in [0.25, 0.3) is 0 Å². The Morgan fingerprint density at radius 1 is 1.83 bits per heavy atom. The van der Waals surface area contributed by atoms with Gasteiger partial charge in [-0.1, -0.05) is 0 Å². The van der Waals surface area contributed by atoms with Crippen LogP contribution in [0.25, 0.3) is 0 Å². The molecule has 1 saturated heterocycles. The maximum Gasteiger partial charge on any atom is 0.142 e. The first-order valence-electron chi connectivity index (χ1n) is 1.90. The van der Waals surface area contributed by atoms with Gasteiger partial charge in [-0.3, -0.25) is 0 Å². The van der Waals surface area contributed by atoms with Crippen LogP contribution in [0.3, 0.4) is 0 Å². The predicted octanol–water partition coefficient (Wildman–Crippen LogP) is -0.404. The van der Waals surface area contributed by atoms with Gasteiger partial charge in [-0.15, -0.1) is 4.31 Å². The first-order chi connectivity index (χ1) is 2.80. The van der Waals surface area contributed by atoms with E-state index >= 15 is 0 Å². The van der Waals surface area contributed by atoms with Crippen molar-refractivity contribution in [2.75, 3.05) is 19.3 Å². The quantitative estimate of drug-likeness (QED) is 0.392. The lowest BCUT2D eigenvalue weighted by molar-refractivity contribution is 0.439. The van der Waals surface area contributed by atoms with Crippen LogP contribution in [0.1, 0.15) is 0 Å². The summed E-state index contributed by atoms with van der Waals surface area (Å²) in [6, 6.07) is 0. The number of nitrogens with zero attached hydrogens (tertiary/aromatic N) is 1. The summed E-state index contributed by atoms with van der Waals surface area (Å²) in [7, 11) is 1.86. The van der Waals surface area contributed by atoms with Crippen LogP contribution in [0, 0.1) is 0 Å². The second-order valence-electron chi connectivity index (χ2n) is 1.38. The highest BCUT2D eigenvalue weighted by Crippen LogP contribution is 2.07. The Balaban J connectivity index is 2.20. The molecule has 0 aliphatic carbocycles. The molecule has 0 amide bonds. The average Bonchev–Trinajstić information content (AvgIpc) is 1.61. The van der Waals surface area contributed by atoms with Crippen molar-refractivity contribution >= 4 is 11.4 Å². The molecule has 0 aromatic carbocycles. The first kappa shape index (κ1) is 4.43. The zero-order valence-electron chi connectivity index (χ0n) is 3.68. The zero-order chi connectivity index (χ0) is 4.57. The van der Waals surface area contributed by atoms with E-state index in [4.69, 9.17) is 0 Å². The molecule has 1 unspecified atom stereocenters. The fraction of sp³-hybridized carbons (Fsp3) is 1.00. The van der Waals surface area contributed by atoms with Gasteiger partial charge in [0.1, 0.15) is 5.75 Å². The fourth-order valence-corrected chi connectivity index (χ4v) is 1.05. The van der Waals surface area contributed by atoms with E-state index in [0.29, 0.717) is 0 Å². The summed E-state index contributed by atoms with van der Waals surface area (Å²) in [5.74, 6) is 0.872. The number of hydrogen-bond acceptors (Lipinski definition) is 2. The monoisotopic (exact) mass is 105 g/mol. The van der Waals surface area contributed by atoms with E-state index in [1.54, 1.807) is 0 Å². The topological polar surface area (TPSA) is 26.3 Å². The first-order valence-corrected chi connectivity index (χ1v) is 3.18. The third-order valence-corrected chi connectivity index (χ3v) is 2.34. The van der Waals surface area contributed by atoms with Gasteiger partial charge in [0.2, 0.25) is 0 Å². The Hall–Kier alpha value is 0.270. The van der Waals surface area contributed by atoms with E-state index in [1.165, 1.54) is 0 Å². The van der Waals surface area contributed by atoms with Crippen molar-refractivity contribution in [3.63, 3.8) is 0 Å². The molecular formula is C3H7NOS. The van der Waals surface area contributed by atoms with Crippen molar-refractivity contribution in [2.45, 2.75) is 0 Å². The molecule has 1 fully saturated rings. The van der Waals surface area contributed by atoms with E-state index in [2.05, 4.69) is 0 Å².